The van der Waals surface area contributed by atoms with E-state index in [0.29, 0.717) is 19.6 Å². The minimum absolute atomic E-state index is 0.328. The van der Waals surface area contributed by atoms with Crippen molar-refractivity contribution in [3.05, 3.63) is 120 Å². The standard InChI is InChI=1S/C33H32O4/c1-3-36-32(33(34)35)22-25-12-18-31(19-13-25)37-21-20-24(2)26-14-16-28(17-15-26)30-11-7-10-29(23-30)27-8-5-4-6-9-27/h4-20,23,32H,3,21-22H2,1-2H3,(H,34,35)/b24-20+/t32-/m0/s1. The maximum absolute atomic E-state index is 11.3. The molecule has 37 heavy (non-hydrogen) atoms. The fraction of sp³-hybridized carbons (Fsp3) is 0.182. The van der Waals surface area contributed by atoms with Crippen LogP contribution >= 0.6 is 0 Å². The Balaban J connectivity index is 1.35. The fourth-order valence-electron chi connectivity index (χ4n) is 4.17. The van der Waals surface area contributed by atoms with Crippen molar-refractivity contribution in [3.8, 4) is 28.0 Å². The molecule has 1 atom stereocenters. The molecule has 1 N–H and O–H groups in total. The van der Waals surface area contributed by atoms with Crippen molar-refractivity contribution in [2.75, 3.05) is 13.2 Å². The van der Waals surface area contributed by atoms with Crippen molar-refractivity contribution in [2.24, 2.45) is 0 Å². The van der Waals surface area contributed by atoms with Crippen molar-refractivity contribution < 1.29 is 19.4 Å². The number of ether oxygens (including phenoxy) is 2. The zero-order chi connectivity index (χ0) is 26.0. The van der Waals surface area contributed by atoms with Gasteiger partial charge in [0.1, 0.15) is 12.4 Å². The average Bonchev–Trinajstić information content (AvgIpc) is 2.94. The Kier molecular flexibility index (Phi) is 8.90. The minimum Gasteiger partial charge on any atom is -0.490 e. The van der Waals surface area contributed by atoms with Crippen molar-refractivity contribution in [3.63, 3.8) is 0 Å². The van der Waals surface area contributed by atoms with Crippen LogP contribution in [-0.4, -0.2) is 30.4 Å². The van der Waals surface area contributed by atoms with Crippen molar-refractivity contribution in [1.29, 1.82) is 0 Å². The van der Waals surface area contributed by atoms with Crippen molar-refractivity contribution in [1.82, 2.24) is 0 Å². The fourth-order valence-corrected chi connectivity index (χ4v) is 4.17. The molecule has 0 bridgehead atoms. The molecule has 0 aliphatic rings. The highest BCUT2D eigenvalue weighted by atomic mass is 16.5. The van der Waals surface area contributed by atoms with Gasteiger partial charge >= 0.3 is 5.97 Å². The normalized spacial score (nSPS) is 12.2. The molecule has 0 radical (unpaired) electrons. The number of carboxylic acid groups (broad SMARTS) is 1. The van der Waals surface area contributed by atoms with Gasteiger partial charge in [-0.1, -0.05) is 84.9 Å². The molecule has 0 fully saturated rings. The SMILES string of the molecule is CCO[C@@H](Cc1ccc(OC/C=C(\C)c2ccc(-c3cccc(-c4ccccc4)c3)cc2)cc1)C(=O)O. The maximum Gasteiger partial charge on any atom is 0.333 e. The first-order chi connectivity index (χ1) is 18.0. The number of hydrogen-bond donors (Lipinski definition) is 1. The molecule has 0 spiro atoms. The number of benzene rings is 4. The number of carboxylic acids is 1. The third-order valence-electron chi connectivity index (χ3n) is 6.27. The molecular weight excluding hydrogens is 460 g/mol. The molecule has 4 rings (SSSR count). The lowest BCUT2D eigenvalue weighted by atomic mass is 9.97. The summed E-state index contributed by atoms with van der Waals surface area (Å²) < 4.78 is 11.2. The van der Waals surface area contributed by atoms with Crippen LogP contribution in [0, 0.1) is 0 Å². The second kappa shape index (κ2) is 12.7. The van der Waals surface area contributed by atoms with E-state index in [1.165, 1.54) is 22.3 Å². The smallest absolute Gasteiger partial charge is 0.333 e. The predicted octanol–water partition coefficient (Wildman–Crippen LogP) is 7.54. The first kappa shape index (κ1) is 25.9. The van der Waals surface area contributed by atoms with Gasteiger partial charge in [-0.05, 0) is 77.1 Å². The van der Waals surface area contributed by atoms with Crippen molar-refractivity contribution in [2.45, 2.75) is 26.4 Å². The van der Waals surface area contributed by atoms with Gasteiger partial charge in [0.15, 0.2) is 6.10 Å². The van der Waals surface area contributed by atoms with Crippen LogP contribution in [0.5, 0.6) is 5.75 Å². The number of rotatable bonds is 11. The van der Waals surface area contributed by atoms with E-state index >= 15 is 0 Å². The Morgan fingerprint density at radius 3 is 2.05 bits per heavy atom. The lowest BCUT2D eigenvalue weighted by Crippen LogP contribution is -2.26. The van der Waals surface area contributed by atoms with Crippen LogP contribution in [0.25, 0.3) is 27.8 Å². The molecule has 0 aliphatic heterocycles. The lowest BCUT2D eigenvalue weighted by molar-refractivity contribution is -0.149. The minimum atomic E-state index is -0.948. The highest BCUT2D eigenvalue weighted by molar-refractivity contribution is 5.75. The summed E-state index contributed by atoms with van der Waals surface area (Å²) in [4.78, 5) is 11.3. The van der Waals surface area contributed by atoms with Crippen LogP contribution in [0.4, 0.5) is 0 Å². The molecular formula is C33H32O4. The molecule has 4 heteroatoms. The summed E-state index contributed by atoms with van der Waals surface area (Å²) in [7, 11) is 0. The molecule has 0 unspecified atom stereocenters. The number of allylic oxidation sites excluding steroid dienone is 1. The number of hydrogen-bond acceptors (Lipinski definition) is 3. The number of carbonyl (C=O) groups is 1. The van der Waals surface area contributed by atoms with E-state index < -0.39 is 12.1 Å². The Hall–Kier alpha value is -4.15. The highest BCUT2D eigenvalue weighted by Crippen LogP contribution is 2.27. The molecule has 0 aromatic heterocycles. The zero-order valence-electron chi connectivity index (χ0n) is 21.3. The van der Waals surface area contributed by atoms with E-state index in [4.69, 9.17) is 9.47 Å². The van der Waals surface area contributed by atoms with Gasteiger partial charge in [-0.15, -0.1) is 0 Å². The monoisotopic (exact) mass is 492 g/mol. The Labute approximate surface area is 218 Å². The topological polar surface area (TPSA) is 55.8 Å². The van der Waals surface area contributed by atoms with E-state index in [2.05, 4.69) is 85.8 Å². The van der Waals surface area contributed by atoms with E-state index in [0.717, 1.165) is 22.4 Å². The van der Waals surface area contributed by atoms with Crippen LogP contribution in [-0.2, 0) is 16.0 Å². The van der Waals surface area contributed by atoms with Gasteiger partial charge in [0.05, 0.1) is 0 Å². The largest absolute Gasteiger partial charge is 0.490 e. The first-order valence-electron chi connectivity index (χ1n) is 12.5. The Morgan fingerprint density at radius 2 is 1.43 bits per heavy atom. The summed E-state index contributed by atoms with van der Waals surface area (Å²) in [5.41, 5.74) is 7.98. The summed E-state index contributed by atoms with van der Waals surface area (Å²) in [6.07, 6.45) is 1.56. The van der Waals surface area contributed by atoms with Crippen LogP contribution in [0.15, 0.2) is 109 Å². The third-order valence-corrected chi connectivity index (χ3v) is 6.27. The summed E-state index contributed by atoms with van der Waals surface area (Å²) in [6.45, 7) is 4.69. The van der Waals surface area contributed by atoms with Gasteiger partial charge < -0.3 is 14.6 Å². The summed E-state index contributed by atoms with van der Waals surface area (Å²) in [5, 5.41) is 9.25. The molecule has 0 amide bonds. The Bertz CT molecular complexity index is 1320. The molecule has 0 saturated heterocycles. The van der Waals surface area contributed by atoms with Crippen LogP contribution in [0.1, 0.15) is 25.0 Å². The summed E-state index contributed by atoms with van der Waals surface area (Å²) >= 11 is 0. The van der Waals surface area contributed by atoms with Gasteiger partial charge in [0.2, 0.25) is 0 Å². The van der Waals surface area contributed by atoms with E-state index in [-0.39, 0.29) is 0 Å². The highest BCUT2D eigenvalue weighted by Gasteiger charge is 2.17. The molecule has 0 heterocycles. The molecule has 188 valence electrons. The van der Waals surface area contributed by atoms with Crippen LogP contribution < -0.4 is 4.74 Å². The number of aliphatic carboxylic acids is 1. The molecule has 4 aromatic carbocycles. The molecule has 4 aromatic rings. The second-order valence-corrected chi connectivity index (χ2v) is 8.85. The zero-order valence-corrected chi connectivity index (χ0v) is 21.3. The van der Waals surface area contributed by atoms with Gasteiger partial charge in [-0.3, -0.25) is 0 Å². The Morgan fingerprint density at radius 1 is 0.811 bits per heavy atom. The second-order valence-electron chi connectivity index (χ2n) is 8.85. The van der Waals surface area contributed by atoms with E-state index in [1.54, 1.807) is 6.92 Å². The van der Waals surface area contributed by atoms with Gasteiger partial charge in [0, 0.05) is 13.0 Å². The van der Waals surface area contributed by atoms with Gasteiger partial charge in [-0.2, -0.15) is 0 Å². The van der Waals surface area contributed by atoms with E-state index in [9.17, 15) is 9.90 Å². The quantitative estimate of drug-likeness (QED) is 0.235. The molecule has 0 aliphatic carbocycles. The van der Waals surface area contributed by atoms with Gasteiger partial charge in [-0.25, -0.2) is 4.79 Å². The molecule has 0 saturated carbocycles. The maximum atomic E-state index is 11.3. The van der Waals surface area contributed by atoms with E-state index in [1.807, 2.05) is 30.3 Å². The van der Waals surface area contributed by atoms with Gasteiger partial charge in [0.25, 0.3) is 0 Å². The van der Waals surface area contributed by atoms with Crippen LogP contribution in [0.2, 0.25) is 0 Å². The third kappa shape index (κ3) is 7.18. The summed E-state index contributed by atoms with van der Waals surface area (Å²) in [5.74, 6) is -0.207. The van der Waals surface area contributed by atoms with Crippen LogP contribution in [0.3, 0.4) is 0 Å². The van der Waals surface area contributed by atoms with Crippen molar-refractivity contribution >= 4 is 11.5 Å². The average molecular weight is 493 g/mol. The predicted molar refractivity (Wildman–Crippen MR) is 150 cm³/mol. The lowest BCUT2D eigenvalue weighted by Gasteiger charge is -2.12. The summed E-state index contributed by atoms with van der Waals surface area (Å²) in [6, 6.07) is 35.1. The molecule has 4 nitrogen and oxygen atoms in total. The first-order valence-corrected chi connectivity index (χ1v) is 12.5.